The number of carboxylic acids is 3. The summed E-state index contributed by atoms with van der Waals surface area (Å²) in [5.41, 5.74) is 0. The standard InChI is InChI=1S/C55H101N7O20S/c63-47(23-22-45(54(71)72)61-48(64)20-15-13-11-9-7-5-3-1-2-4-6-8-10-12-14-16-21-53(69)70)57-25-29-75-33-38-80-42-50(66)59-27-31-77-35-40-82-44-52(68)60-28-32-78-36-39-81-43-51(67)58-26-30-76-34-37-79-41-49(65)56-24-18-17-19-46(62-83)55(73)74/h45-46,62,83H,1-44H2,(H,56,65)(H,57,63)(H,58,67)(H,59,66)(H,60,68)(H,61,64)(H,69,70)(H,71,72)(H,73,74)/t45-,46+/m1/s1. The summed E-state index contributed by atoms with van der Waals surface area (Å²) in [5, 5.41) is 43.0. The lowest BCUT2D eigenvalue weighted by Crippen LogP contribution is -2.41. The molecule has 0 spiro atoms. The Balaban J connectivity index is 3.58. The Bertz CT molecular complexity index is 1710. The van der Waals surface area contributed by atoms with Gasteiger partial charge in [-0.1, -0.05) is 103 Å². The van der Waals surface area contributed by atoms with Crippen LogP contribution in [-0.2, 0) is 81.0 Å². The van der Waals surface area contributed by atoms with E-state index in [2.05, 4.69) is 49.4 Å². The van der Waals surface area contributed by atoms with Gasteiger partial charge in [0.15, 0.2) is 0 Å². The van der Waals surface area contributed by atoms with Crippen molar-refractivity contribution in [1.82, 2.24) is 36.6 Å². The molecular formula is C55H101N7O20S. The van der Waals surface area contributed by atoms with E-state index >= 15 is 0 Å². The SMILES string of the molecule is O=C(O)CCCCCCCCCCCCCCCCCCC(=O)N[C@H](CCC(=O)NCCOCCOCC(=O)NCCOCCOCC(=O)NCCOCCOCC(=O)NCCOCCOCC(=O)NCCCC[C@H](NS)C(=O)O)C(=O)O. The first-order chi connectivity index (χ1) is 40.2. The molecule has 0 bridgehead atoms. The van der Waals surface area contributed by atoms with Crippen molar-refractivity contribution in [3.8, 4) is 0 Å². The summed E-state index contributed by atoms with van der Waals surface area (Å²) in [5.74, 6) is -4.88. The molecule has 27 nitrogen and oxygen atoms in total. The molecule has 0 aromatic carbocycles. The highest BCUT2D eigenvalue weighted by atomic mass is 32.1. The Morgan fingerprint density at radius 3 is 0.952 bits per heavy atom. The van der Waals surface area contributed by atoms with Crippen molar-refractivity contribution in [3.05, 3.63) is 0 Å². The van der Waals surface area contributed by atoms with Crippen LogP contribution in [0.1, 0.15) is 148 Å². The van der Waals surface area contributed by atoms with E-state index < -0.39 is 30.0 Å². The minimum atomic E-state index is -1.19. The van der Waals surface area contributed by atoms with Crippen molar-refractivity contribution in [2.45, 2.75) is 160 Å². The van der Waals surface area contributed by atoms with Crippen molar-refractivity contribution in [2.24, 2.45) is 0 Å². The zero-order valence-corrected chi connectivity index (χ0v) is 49.9. The highest BCUT2D eigenvalue weighted by Gasteiger charge is 2.21. The molecular weight excluding hydrogens is 1110 g/mol. The first kappa shape index (κ1) is 78.2. The van der Waals surface area contributed by atoms with Gasteiger partial charge in [0.2, 0.25) is 35.4 Å². The molecule has 10 N–H and O–H groups in total. The Morgan fingerprint density at radius 2 is 0.614 bits per heavy atom. The van der Waals surface area contributed by atoms with Crippen LogP contribution in [-0.4, -0.2) is 219 Å². The highest BCUT2D eigenvalue weighted by molar-refractivity contribution is 7.78. The van der Waals surface area contributed by atoms with Crippen LogP contribution < -0.4 is 36.6 Å². The zero-order valence-electron chi connectivity index (χ0n) is 49.0. The second-order valence-electron chi connectivity index (χ2n) is 19.5. The van der Waals surface area contributed by atoms with E-state index in [0.29, 0.717) is 32.2 Å². The van der Waals surface area contributed by atoms with E-state index in [1.165, 1.54) is 57.8 Å². The molecule has 0 radical (unpaired) electrons. The maximum Gasteiger partial charge on any atom is 0.326 e. The van der Waals surface area contributed by atoms with E-state index in [4.69, 9.17) is 48.1 Å². The number of carboxylic acid groups (broad SMARTS) is 3. The molecule has 0 rings (SSSR count). The van der Waals surface area contributed by atoms with Gasteiger partial charge in [-0.25, -0.2) is 4.79 Å². The van der Waals surface area contributed by atoms with Crippen molar-refractivity contribution in [1.29, 1.82) is 0 Å². The van der Waals surface area contributed by atoms with Crippen LogP contribution in [0.3, 0.4) is 0 Å². The summed E-state index contributed by atoms with van der Waals surface area (Å²) in [4.78, 5) is 105. The normalized spacial score (nSPS) is 11.8. The lowest BCUT2D eigenvalue weighted by atomic mass is 10.0. The maximum atomic E-state index is 12.4. The van der Waals surface area contributed by atoms with Gasteiger partial charge >= 0.3 is 17.9 Å². The largest absolute Gasteiger partial charge is 0.481 e. The number of rotatable bonds is 63. The van der Waals surface area contributed by atoms with E-state index in [-0.39, 0.29) is 193 Å². The summed E-state index contributed by atoms with van der Waals surface area (Å²) in [6, 6.07) is -1.89. The predicted octanol–water partition coefficient (Wildman–Crippen LogP) is 2.21. The third-order valence-electron chi connectivity index (χ3n) is 12.2. The third-order valence-corrected chi connectivity index (χ3v) is 12.5. The summed E-state index contributed by atoms with van der Waals surface area (Å²) in [6.45, 7) is 3.08. The van der Waals surface area contributed by atoms with Gasteiger partial charge in [-0.3, -0.25) is 43.1 Å². The molecule has 0 fully saturated rings. The minimum absolute atomic E-state index is 0.0393. The summed E-state index contributed by atoms with van der Waals surface area (Å²) in [7, 11) is 0. The minimum Gasteiger partial charge on any atom is -0.481 e. The second-order valence-corrected chi connectivity index (χ2v) is 19.7. The highest BCUT2D eigenvalue weighted by Crippen LogP contribution is 2.15. The third kappa shape index (κ3) is 57.4. The van der Waals surface area contributed by atoms with Gasteiger partial charge in [0.1, 0.15) is 38.5 Å². The van der Waals surface area contributed by atoms with Crippen molar-refractivity contribution in [3.63, 3.8) is 0 Å². The van der Waals surface area contributed by atoms with E-state index in [9.17, 15) is 48.3 Å². The maximum absolute atomic E-state index is 12.4. The number of amides is 6. The lowest BCUT2D eigenvalue weighted by molar-refractivity contribution is -0.142. The van der Waals surface area contributed by atoms with Crippen molar-refractivity contribution < 1.29 is 96.4 Å². The number of thiol groups is 1. The van der Waals surface area contributed by atoms with Gasteiger partial charge in [0.25, 0.3) is 0 Å². The molecule has 6 amide bonds. The van der Waals surface area contributed by atoms with Crippen LogP contribution in [0.25, 0.3) is 0 Å². The van der Waals surface area contributed by atoms with Gasteiger partial charge in [-0.15, -0.1) is 0 Å². The average Bonchev–Trinajstić information content (AvgIpc) is 3.45. The molecule has 0 saturated carbocycles. The fourth-order valence-electron chi connectivity index (χ4n) is 7.66. The summed E-state index contributed by atoms with van der Waals surface area (Å²) >= 11 is 3.78. The Labute approximate surface area is 495 Å². The Kier molecular flexibility index (Phi) is 55.6. The predicted molar refractivity (Wildman–Crippen MR) is 309 cm³/mol. The fraction of sp³-hybridized carbons (Fsp3) is 0.836. The Morgan fingerprint density at radius 1 is 0.301 bits per heavy atom. The first-order valence-corrected chi connectivity index (χ1v) is 30.0. The average molecular weight is 1210 g/mol. The second kappa shape index (κ2) is 59.0. The topological polar surface area (TPSA) is 372 Å². The molecule has 0 aliphatic heterocycles. The summed E-state index contributed by atoms with van der Waals surface area (Å²) < 4.78 is 45.1. The van der Waals surface area contributed by atoms with Gasteiger partial charge in [0, 0.05) is 52.0 Å². The molecule has 83 heavy (non-hydrogen) atoms. The molecule has 28 heteroatoms. The van der Waals surface area contributed by atoms with Gasteiger partial charge < -0.3 is 85.1 Å². The fourth-order valence-corrected chi connectivity index (χ4v) is 7.90. The molecule has 0 aromatic heterocycles. The number of carbonyl (C=O) groups excluding carboxylic acids is 6. The Hall–Kier alpha value is -4.78. The lowest BCUT2D eigenvalue weighted by Gasteiger charge is -2.14. The van der Waals surface area contributed by atoms with Crippen LogP contribution in [0, 0.1) is 0 Å². The summed E-state index contributed by atoms with van der Waals surface area (Å²) in [6.07, 6.45) is 19.7. The molecule has 0 unspecified atom stereocenters. The molecule has 2 atom stereocenters. The van der Waals surface area contributed by atoms with Crippen LogP contribution in [0.5, 0.6) is 0 Å². The van der Waals surface area contributed by atoms with Crippen LogP contribution in [0.4, 0.5) is 0 Å². The van der Waals surface area contributed by atoms with Crippen LogP contribution in [0.2, 0.25) is 0 Å². The number of hydrogen-bond acceptors (Lipinski definition) is 19. The number of carbonyl (C=O) groups is 9. The monoisotopic (exact) mass is 1210 g/mol. The molecule has 0 saturated heterocycles. The van der Waals surface area contributed by atoms with Gasteiger partial charge in [-0.2, -0.15) is 0 Å². The number of unbranched alkanes of at least 4 members (excludes halogenated alkanes) is 16. The zero-order chi connectivity index (χ0) is 61.1. The molecule has 482 valence electrons. The molecule has 0 aromatic rings. The molecule has 0 heterocycles. The number of hydrogen-bond donors (Lipinski definition) is 11. The quantitative estimate of drug-likeness (QED) is 0.0307. The first-order valence-electron chi connectivity index (χ1n) is 29.6. The number of aliphatic carboxylic acids is 3. The van der Waals surface area contributed by atoms with E-state index in [1.54, 1.807) is 0 Å². The molecule has 0 aliphatic carbocycles. The number of ether oxygens (including phenoxy) is 8. The van der Waals surface area contributed by atoms with Crippen molar-refractivity contribution >= 4 is 66.2 Å². The van der Waals surface area contributed by atoms with Gasteiger partial charge in [0.05, 0.1) is 79.3 Å². The van der Waals surface area contributed by atoms with E-state index in [1.807, 2.05) is 0 Å². The molecule has 0 aliphatic rings. The van der Waals surface area contributed by atoms with Gasteiger partial charge in [-0.05, 0) is 38.5 Å². The van der Waals surface area contributed by atoms with Crippen LogP contribution in [0.15, 0.2) is 0 Å². The number of nitrogens with one attached hydrogen (secondary N) is 7. The smallest absolute Gasteiger partial charge is 0.326 e. The van der Waals surface area contributed by atoms with Crippen molar-refractivity contribution in [2.75, 3.05) is 138 Å². The van der Waals surface area contributed by atoms with Crippen LogP contribution >= 0.6 is 12.8 Å². The van der Waals surface area contributed by atoms with E-state index in [0.717, 1.165) is 38.5 Å².